The highest BCUT2D eigenvalue weighted by Crippen LogP contribution is 2.18. The minimum Gasteiger partial charge on any atom is -0.351 e. The standard InChI is InChI=1S/C15H22BrN3O5S2/c1-18(26(23,24)14-7-5-12(16)6-8-14)11-15(20)17-13-4-3-9-19(10-13)25(2,21)22/h5-8,13H,3-4,9-11H2,1-2H3,(H,17,20). The summed E-state index contributed by atoms with van der Waals surface area (Å²) in [6.07, 6.45) is 2.43. The van der Waals surface area contributed by atoms with Crippen molar-refractivity contribution in [2.24, 2.45) is 0 Å². The van der Waals surface area contributed by atoms with Crippen molar-refractivity contribution in [3.63, 3.8) is 0 Å². The van der Waals surface area contributed by atoms with Crippen LogP contribution in [0.4, 0.5) is 0 Å². The van der Waals surface area contributed by atoms with Crippen LogP contribution in [-0.4, -0.2) is 70.3 Å². The molecule has 1 heterocycles. The number of piperidine rings is 1. The Balaban J connectivity index is 1.97. The summed E-state index contributed by atoms with van der Waals surface area (Å²) < 4.78 is 51.3. The summed E-state index contributed by atoms with van der Waals surface area (Å²) in [7, 11) is -5.75. The van der Waals surface area contributed by atoms with Gasteiger partial charge < -0.3 is 5.32 Å². The molecular formula is C15H22BrN3O5S2. The van der Waals surface area contributed by atoms with Crippen LogP contribution < -0.4 is 5.32 Å². The van der Waals surface area contributed by atoms with Crippen molar-refractivity contribution in [2.45, 2.75) is 23.8 Å². The lowest BCUT2D eigenvalue weighted by Gasteiger charge is -2.31. The van der Waals surface area contributed by atoms with E-state index in [1.807, 2.05) is 0 Å². The Labute approximate surface area is 162 Å². The summed E-state index contributed by atoms with van der Waals surface area (Å²) >= 11 is 3.24. The average Bonchev–Trinajstić information content (AvgIpc) is 2.54. The Morgan fingerprint density at radius 1 is 1.27 bits per heavy atom. The maximum atomic E-state index is 12.5. The van der Waals surface area contributed by atoms with Crippen LogP contribution in [0.25, 0.3) is 0 Å². The Kier molecular flexibility index (Phi) is 6.83. The van der Waals surface area contributed by atoms with Gasteiger partial charge in [0.05, 0.1) is 17.7 Å². The Bertz CT molecular complexity index is 856. The van der Waals surface area contributed by atoms with Crippen LogP contribution in [0.5, 0.6) is 0 Å². The number of hydrogen-bond donors (Lipinski definition) is 1. The number of benzene rings is 1. The first kappa shape index (κ1) is 21.3. The molecular weight excluding hydrogens is 446 g/mol. The van der Waals surface area contributed by atoms with E-state index in [0.29, 0.717) is 19.4 Å². The van der Waals surface area contributed by atoms with Crippen LogP contribution in [-0.2, 0) is 24.8 Å². The van der Waals surface area contributed by atoms with Crippen molar-refractivity contribution < 1.29 is 21.6 Å². The van der Waals surface area contributed by atoms with Gasteiger partial charge in [0.15, 0.2) is 0 Å². The zero-order chi connectivity index (χ0) is 19.5. The molecule has 1 fully saturated rings. The number of carbonyl (C=O) groups is 1. The number of sulfonamides is 2. The van der Waals surface area contributed by atoms with Crippen molar-refractivity contribution in [1.29, 1.82) is 0 Å². The normalized spacial score (nSPS) is 19.5. The van der Waals surface area contributed by atoms with E-state index in [1.165, 1.54) is 23.5 Å². The second-order valence-electron chi connectivity index (χ2n) is 6.24. The zero-order valence-electron chi connectivity index (χ0n) is 14.6. The molecule has 8 nitrogen and oxygen atoms in total. The van der Waals surface area contributed by atoms with Gasteiger partial charge in [-0.15, -0.1) is 0 Å². The number of nitrogens with zero attached hydrogens (tertiary/aromatic N) is 2. The van der Waals surface area contributed by atoms with E-state index in [1.54, 1.807) is 12.1 Å². The van der Waals surface area contributed by atoms with Crippen LogP contribution >= 0.6 is 15.9 Å². The number of carbonyl (C=O) groups excluding carboxylic acids is 1. The smallest absolute Gasteiger partial charge is 0.243 e. The molecule has 11 heteroatoms. The molecule has 1 N–H and O–H groups in total. The Morgan fingerprint density at radius 3 is 2.46 bits per heavy atom. The van der Waals surface area contributed by atoms with Gasteiger partial charge in [0, 0.05) is 30.7 Å². The number of hydrogen-bond acceptors (Lipinski definition) is 5. The van der Waals surface area contributed by atoms with Gasteiger partial charge in [-0.3, -0.25) is 4.79 Å². The molecule has 1 saturated heterocycles. The van der Waals surface area contributed by atoms with E-state index in [0.717, 1.165) is 15.0 Å². The predicted molar refractivity (Wildman–Crippen MR) is 102 cm³/mol. The van der Waals surface area contributed by atoms with Gasteiger partial charge in [0.2, 0.25) is 26.0 Å². The molecule has 146 valence electrons. The van der Waals surface area contributed by atoms with E-state index in [4.69, 9.17) is 0 Å². The lowest BCUT2D eigenvalue weighted by atomic mass is 10.1. The topological polar surface area (TPSA) is 104 Å². The van der Waals surface area contributed by atoms with Crippen molar-refractivity contribution >= 4 is 41.9 Å². The minimum atomic E-state index is -3.78. The van der Waals surface area contributed by atoms with Crippen LogP contribution in [0, 0.1) is 0 Å². The number of nitrogens with one attached hydrogen (secondary N) is 1. The highest BCUT2D eigenvalue weighted by atomic mass is 79.9. The minimum absolute atomic E-state index is 0.0944. The summed E-state index contributed by atoms with van der Waals surface area (Å²) in [5.41, 5.74) is 0. The summed E-state index contributed by atoms with van der Waals surface area (Å²) in [5.74, 6) is -0.464. The van der Waals surface area contributed by atoms with Gasteiger partial charge in [0.25, 0.3) is 0 Å². The SMILES string of the molecule is CN(CC(=O)NC1CCCN(S(C)(=O)=O)C1)S(=O)(=O)c1ccc(Br)cc1. The quantitative estimate of drug-likeness (QED) is 0.659. The molecule has 1 aliphatic rings. The first-order valence-electron chi connectivity index (χ1n) is 7.96. The van der Waals surface area contributed by atoms with Gasteiger partial charge in [-0.1, -0.05) is 15.9 Å². The molecule has 0 radical (unpaired) electrons. The lowest BCUT2D eigenvalue weighted by molar-refractivity contribution is -0.122. The van der Waals surface area contributed by atoms with E-state index >= 15 is 0 Å². The van der Waals surface area contributed by atoms with Crippen molar-refractivity contribution in [3.8, 4) is 0 Å². The largest absolute Gasteiger partial charge is 0.351 e. The lowest BCUT2D eigenvalue weighted by Crippen LogP contribution is -2.51. The van der Waals surface area contributed by atoms with Gasteiger partial charge in [-0.25, -0.2) is 21.1 Å². The zero-order valence-corrected chi connectivity index (χ0v) is 17.8. The van der Waals surface area contributed by atoms with Crippen LogP contribution in [0.3, 0.4) is 0 Å². The first-order chi connectivity index (χ1) is 12.0. The fourth-order valence-electron chi connectivity index (χ4n) is 2.71. The summed E-state index contributed by atoms with van der Waals surface area (Å²) in [6.45, 7) is 0.296. The van der Waals surface area contributed by atoms with Crippen molar-refractivity contribution in [1.82, 2.24) is 13.9 Å². The molecule has 1 amide bonds. The molecule has 1 atom stereocenters. The molecule has 0 bridgehead atoms. The van der Waals surface area contributed by atoms with Crippen molar-refractivity contribution in [3.05, 3.63) is 28.7 Å². The van der Waals surface area contributed by atoms with Gasteiger partial charge in [-0.05, 0) is 37.1 Å². The molecule has 26 heavy (non-hydrogen) atoms. The monoisotopic (exact) mass is 467 g/mol. The van der Waals surface area contributed by atoms with E-state index in [2.05, 4.69) is 21.2 Å². The molecule has 0 aliphatic carbocycles. The van der Waals surface area contributed by atoms with Crippen LogP contribution in [0.1, 0.15) is 12.8 Å². The van der Waals surface area contributed by atoms with Crippen molar-refractivity contribution in [2.75, 3.05) is 32.9 Å². The second kappa shape index (κ2) is 8.34. The molecule has 0 aromatic heterocycles. The average molecular weight is 468 g/mol. The second-order valence-corrected chi connectivity index (χ2v) is 11.2. The Hall–Kier alpha value is -1.01. The molecule has 1 aromatic carbocycles. The molecule has 1 aliphatic heterocycles. The number of halogens is 1. The third-order valence-electron chi connectivity index (χ3n) is 4.11. The summed E-state index contributed by atoms with van der Waals surface area (Å²) in [6, 6.07) is 5.82. The molecule has 0 saturated carbocycles. The van der Waals surface area contributed by atoms with E-state index in [9.17, 15) is 21.6 Å². The number of amides is 1. The van der Waals surface area contributed by atoms with Gasteiger partial charge in [-0.2, -0.15) is 4.31 Å². The summed E-state index contributed by atoms with van der Waals surface area (Å²) in [5, 5.41) is 2.73. The third-order valence-corrected chi connectivity index (χ3v) is 7.72. The fourth-order valence-corrected chi connectivity index (χ4v) is 5.01. The van der Waals surface area contributed by atoms with E-state index < -0.39 is 26.0 Å². The maximum Gasteiger partial charge on any atom is 0.243 e. The molecule has 2 rings (SSSR count). The molecule has 1 aromatic rings. The number of rotatable bonds is 6. The van der Waals surface area contributed by atoms with Crippen LogP contribution in [0.2, 0.25) is 0 Å². The van der Waals surface area contributed by atoms with Gasteiger partial charge in [0.1, 0.15) is 0 Å². The predicted octanol–water partition coefficient (Wildman–Crippen LogP) is 0.610. The first-order valence-corrected chi connectivity index (χ1v) is 12.0. The van der Waals surface area contributed by atoms with Gasteiger partial charge >= 0.3 is 0 Å². The third kappa shape index (κ3) is 5.49. The fraction of sp³-hybridized carbons (Fsp3) is 0.533. The van der Waals surface area contributed by atoms with Crippen LogP contribution in [0.15, 0.2) is 33.6 Å². The van der Waals surface area contributed by atoms with E-state index in [-0.39, 0.29) is 24.0 Å². The summed E-state index contributed by atoms with van der Waals surface area (Å²) in [4.78, 5) is 12.3. The highest BCUT2D eigenvalue weighted by Gasteiger charge is 2.28. The highest BCUT2D eigenvalue weighted by molar-refractivity contribution is 9.10. The Morgan fingerprint density at radius 2 is 1.88 bits per heavy atom. The molecule has 1 unspecified atom stereocenters. The number of likely N-dealkylation sites (N-methyl/N-ethyl adjacent to an activating group) is 1. The molecule has 0 spiro atoms. The maximum absolute atomic E-state index is 12.5.